The second-order valence-electron chi connectivity index (χ2n) is 5.11. The van der Waals surface area contributed by atoms with Crippen LogP contribution < -0.4 is 5.32 Å². The third-order valence-corrected chi connectivity index (χ3v) is 3.74. The van der Waals surface area contributed by atoms with Crippen molar-refractivity contribution in [3.63, 3.8) is 0 Å². The van der Waals surface area contributed by atoms with Crippen LogP contribution in [0.3, 0.4) is 0 Å². The van der Waals surface area contributed by atoms with Crippen LogP contribution in [0.4, 0.5) is 5.69 Å². The number of rotatable bonds is 4. The summed E-state index contributed by atoms with van der Waals surface area (Å²) in [6.07, 6.45) is 0.0596. The summed E-state index contributed by atoms with van der Waals surface area (Å²) in [5.41, 5.74) is 3.86. The average Bonchev–Trinajstić information content (AvgIpc) is 3.07. The molecule has 1 N–H and O–H groups in total. The summed E-state index contributed by atoms with van der Waals surface area (Å²) >= 11 is 1.55. The molecule has 0 bridgehead atoms. The van der Waals surface area contributed by atoms with Gasteiger partial charge in [-0.15, -0.1) is 10.2 Å². The predicted molar refractivity (Wildman–Crippen MR) is 85.9 cm³/mol. The van der Waals surface area contributed by atoms with E-state index in [0.717, 1.165) is 22.4 Å². The molecule has 0 aliphatic carbocycles. The molecule has 6 heteroatoms. The highest BCUT2D eigenvalue weighted by atomic mass is 32.1. The van der Waals surface area contributed by atoms with Crippen LogP contribution in [0.1, 0.15) is 17.0 Å². The summed E-state index contributed by atoms with van der Waals surface area (Å²) in [6, 6.07) is 7.81. The minimum absolute atomic E-state index is 0.0596. The maximum absolute atomic E-state index is 12.1. The topological polar surface area (TPSA) is 68.0 Å². The van der Waals surface area contributed by atoms with Crippen LogP contribution in [0.5, 0.6) is 0 Å². The molecule has 5 nitrogen and oxygen atoms in total. The molecular weight excluding hydrogens is 298 g/mol. The Labute approximate surface area is 132 Å². The lowest BCUT2D eigenvalue weighted by molar-refractivity contribution is -0.115. The fourth-order valence-corrected chi connectivity index (χ4v) is 2.85. The van der Waals surface area contributed by atoms with E-state index in [9.17, 15) is 4.79 Å². The van der Waals surface area contributed by atoms with Gasteiger partial charge in [0.05, 0.1) is 0 Å². The Bertz CT molecular complexity index is 773. The molecular formula is C16H15N3O2S. The lowest BCUT2D eigenvalue weighted by Crippen LogP contribution is -2.14. The summed E-state index contributed by atoms with van der Waals surface area (Å²) in [5, 5.41) is 14.6. The van der Waals surface area contributed by atoms with Gasteiger partial charge >= 0.3 is 0 Å². The number of nitrogens with one attached hydrogen (secondary N) is 1. The van der Waals surface area contributed by atoms with E-state index in [1.54, 1.807) is 11.3 Å². The molecule has 2 heterocycles. The molecule has 0 spiro atoms. The SMILES string of the molecule is Cc1cc(C)cc(NC(=O)Cc2nnc(-c3ccsc3)o2)c1. The van der Waals surface area contributed by atoms with Crippen LogP contribution in [0.25, 0.3) is 11.5 Å². The number of nitrogens with zero attached hydrogens (tertiary/aromatic N) is 2. The minimum atomic E-state index is -0.175. The Kier molecular flexibility index (Phi) is 4.02. The normalized spacial score (nSPS) is 10.6. The van der Waals surface area contributed by atoms with Crippen molar-refractivity contribution in [2.75, 3.05) is 5.32 Å². The molecule has 0 aliphatic rings. The molecule has 1 amide bonds. The van der Waals surface area contributed by atoms with Crippen molar-refractivity contribution >= 4 is 22.9 Å². The average molecular weight is 313 g/mol. The summed E-state index contributed by atoms with van der Waals surface area (Å²) in [6.45, 7) is 3.99. The first-order valence-electron chi connectivity index (χ1n) is 6.83. The smallest absolute Gasteiger partial charge is 0.248 e. The van der Waals surface area contributed by atoms with E-state index in [2.05, 4.69) is 21.6 Å². The van der Waals surface area contributed by atoms with E-state index in [1.165, 1.54) is 0 Å². The van der Waals surface area contributed by atoms with Crippen molar-refractivity contribution < 1.29 is 9.21 Å². The molecule has 2 aromatic heterocycles. The first-order chi connectivity index (χ1) is 10.6. The van der Waals surface area contributed by atoms with Crippen molar-refractivity contribution in [1.82, 2.24) is 10.2 Å². The maximum atomic E-state index is 12.1. The van der Waals surface area contributed by atoms with Crippen LogP contribution in [-0.4, -0.2) is 16.1 Å². The van der Waals surface area contributed by atoms with E-state index in [0.29, 0.717) is 11.8 Å². The molecule has 112 valence electrons. The lowest BCUT2D eigenvalue weighted by Gasteiger charge is -2.06. The van der Waals surface area contributed by atoms with Crippen LogP contribution >= 0.6 is 11.3 Å². The van der Waals surface area contributed by atoms with Crippen molar-refractivity contribution in [1.29, 1.82) is 0 Å². The van der Waals surface area contributed by atoms with Crippen molar-refractivity contribution in [2.24, 2.45) is 0 Å². The summed E-state index contributed by atoms with van der Waals surface area (Å²) in [4.78, 5) is 12.1. The van der Waals surface area contributed by atoms with Gasteiger partial charge in [0.25, 0.3) is 0 Å². The van der Waals surface area contributed by atoms with E-state index in [-0.39, 0.29) is 12.3 Å². The van der Waals surface area contributed by atoms with Crippen molar-refractivity contribution in [2.45, 2.75) is 20.3 Å². The first kappa shape index (κ1) is 14.5. The number of hydrogen-bond acceptors (Lipinski definition) is 5. The van der Waals surface area contributed by atoms with E-state index >= 15 is 0 Å². The molecule has 0 aliphatic heterocycles. The van der Waals surface area contributed by atoms with Gasteiger partial charge in [0.15, 0.2) is 0 Å². The zero-order valence-electron chi connectivity index (χ0n) is 12.3. The third kappa shape index (κ3) is 3.40. The molecule has 0 atom stereocenters. The highest BCUT2D eigenvalue weighted by Gasteiger charge is 2.13. The number of aromatic nitrogens is 2. The Morgan fingerprint density at radius 3 is 2.68 bits per heavy atom. The fourth-order valence-electron chi connectivity index (χ4n) is 2.22. The van der Waals surface area contributed by atoms with E-state index in [1.807, 2.05) is 42.8 Å². The second kappa shape index (κ2) is 6.11. The number of carbonyl (C=O) groups is 1. The van der Waals surface area contributed by atoms with Gasteiger partial charge in [-0.1, -0.05) is 6.07 Å². The van der Waals surface area contributed by atoms with Gasteiger partial charge in [-0.3, -0.25) is 4.79 Å². The van der Waals surface area contributed by atoms with Gasteiger partial charge in [0.2, 0.25) is 17.7 Å². The van der Waals surface area contributed by atoms with Gasteiger partial charge in [-0.2, -0.15) is 11.3 Å². The van der Waals surface area contributed by atoms with Crippen molar-refractivity contribution in [3.8, 4) is 11.5 Å². The molecule has 0 unspecified atom stereocenters. The number of amides is 1. The highest BCUT2D eigenvalue weighted by Crippen LogP contribution is 2.20. The molecule has 22 heavy (non-hydrogen) atoms. The number of benzene rings is 1. The monoisotopic (exact) mass is 313 g/mol. The van der Waals surface area contributed by atoms with Gasteiger partial charge in [-0.05, 0) is 48.6 Å². The van der Waals surface area contributed by atoms with E-state index < -0.39 is 0 Å². The number of anilines is 1. The fraction of sp³-hybridized carbons (Fsp3) is 0.188. The Morgan fingerprint density at radius 2 is 2.00 bits per heavy atom. The number of thiophene rings is 1. The van der Waals surface area contributed by atoms with Crippen LogP contribution in [0.2, 0.25) is 0 Å². The molecule has 0 fully saturated rings. The standard InChI is InChI=1S/C16H15N3O2S/c1-10-5-11(2)7-13(6-10)17-14(20)8-15-18-19-16(21-15)12-3-4-22-9-12/h3-7,9H,8H2,1-2H3,(H,17,20). The quantitative estimate of drug-likeness (QED) is 0.799. The Morgan fingerprint density at radius 1 is 1.23 bits per heavy atom. The first-order valence-corrected chi connectivity index (χ1v) is 7.77. The summed E-state index contributed by atoms with van der Waals surface area (Å²) in [7, 11) is 0. The van der Waals surface area contributed by atoms with Crippen LogP contribution in [-0.2, 0) is 11.2 Å². The van der Waals surface area contributed by atoms with Gasteiger partial charge in [0, 0.05) is 16.6 Å². The molecule has 3 aromatic rings. The molecule has 0 radical (unpaired) electrons. The minimum Gasteiger partial charge on any atom is -0.420 e. The maximum Gasteiger partial charge on any atom is 0.248 e. The zero-order valence-corrected chi connectivity index (χ0v) is 13.1. The number of hydrogen-bond donors (Lipinski definition) is 1. The Hall–Kier alpha value is -2.47. The van der Waals surface area contributed by atoms with Crippen LogP contribution in [0.15, 0.2) is 39.4 Å². The summed E-state index contributed by atoms with van der Waals surface area (Å²) < 4.78 is 5.51. The van der Waals surface area contributed by atoms with Gasteiger partial charge in [-0.25, -0.2) is 0 Å². The lowest BCUT2D eigenvalue weighted by atomic mass is 10.1. The van der Waals surface area contributed by atoms with Crippen LogP contribution in [0, 0.1) is 13.8 Å². The third-order valence-electron chi connectivity index (χ3n) is 3.05. The molecule has 3 rings (SSSR count). The number of aryl methyl sites for hydroxylation is 2. The molecule has 0 saturated carbocycles. The second-order valence-corrected chi connectivity index (χ2v) is 5.89. The van der Waals surface area contributed by atoms with Gasteiger partial charge in [0.1, 0.15) is 6.42 Å². The number of carbonyl (C=O) groups excluding carboxylic acids is 1. The van der Waals surface area contributed by atoms with Crippen molar-refractivity contribution in [3.05, 3.63) is 52.0 Å². The summed E-state index contributed by atoms with van der Waals surface area (Å²) in [5.74, 6) is 0.573. The predicted octanol–water partition coefficient (Wildman–Crippen LogP) is 3.60. The zero-order chi connectivity index (χ0) is 15.5. The molecule has 0 saturated heterocycles. The Balaban J connectivity index is 1.67. The van der Waals surface area contributed by atoms with Gasteiger partial charge < -0.3 is 9.73 Å². The largest absolute Gasteiger partial charge is 0.420 e. The van der Waals surface area contributed by atoms with E-state index in [4.69, 9.17) is 4.42 Å². The molecule has 1 aromatic carbocycles. The highest BCUT2D eigenvalue weighted by molar-refractivity contribution is 7.08.